The van der Waals surface area contributed by atoms with Crippen LogP contribution in [0, 0.1) is 0 Å². The number of aliphatic hydroxyl groups is 1. The van der Waals surface area contributed by atoms with E-state index in [9.17, 15) is 5.11 Å². The molecule has 1 nitrogen and oxygen atoms in total. The van der Waals surface area contributed by atoms with Crippen molar-refractivity contribution in [3.8, 4) is 0 Å². The van der Waals surface area contributed by atoms with Crippen molar-refractivity contribution < 1.29 is 5.11 Å². The first kappa shape index (κ1) is 13.1. The van der Waals surface area contributed by atoms with Crippen LogP contribution in [0.4, 0.5) is 0 Å². The molecule has 0 saturated heterocycles. The molecule has 1 N–H and O–H groups in total. The van der Waals surface area contributed by atoms with Crippen LogP contribution in [0.25, 0.3) is 10.1 Å². The van der Waals surface area contributed by atoms with Crippen LogP contribution in [0.15, 0.2) is 52.3 Å². The summed E-state index contributed by atoms with van der Waals surface area (Å²) in [6, 6.07) is 13.4. The molecule has 1 aromatic heterocycles. The number of aliphatic hydroxyl groups excluding tert-OH is 1. The van der Waals surface area contributed by atoms with E-state index in [4.69, 9.17) is 11.6 Å². The van der Waals surface area contributed by atoms with Gasteiger partial charge in [-0.15, -0.1) is 11.3 Å². The SMILES string of the molecule is OC(c1ccccc1Cl)c1csc2c(Br)cccc12. The highest BCUT2D eigenvalue weighted by Crippen LogP contribution is 2.38. The van der Waals surface area contributed by atoms with Crippen LogP contribution in [-0.4, -0.2) is 5.11 Å². The van der Waals surface area contributed by atoms with Gasteiger partial charge in [-0.1, -0.05) is 41.9 Å². The number of benzene rings is 2. The van der Waals surface area contributed by atoms with Gasteiger partial charge in [-0.3, -0.25) is 0 Å². The van der Waals surface area contributed by atoms with E-state index in [1.54, 1.807) is 17.4 Å². The van der Waals surface area contributed by atoms with Crippen LogP contribution in [0.2, 0.25) is 5.02 Å². The maximum Gasteiger partial charge on any atom is 0.107 e. The van der Waals surface area contributed by atoms with Crippen LogP contribution >= 0.6 is 38.9 Å². The fraction of sp³-hybridized carbons (Fsp3) is 0.0667. The van der Waals surface area contributed by atoms with Crippen molar-refractivity contribution in [3.05, 3.63) is 68.5 Å². The summed E-state index contributed by atoms with van der Waals surface area (Å²) in [4.78, 5) is 0. The van der Waals surface area contributed by atoms with Gasteiger partial charge >= 0.3 is 0 Å². The minimum Gasteiger partial charge on any atom is -0.384 e. The Morgan fingerprint density at radius 3 is 2.63 bits per heavy atom. The van der Waals surface area contributed by atoms with Gasteiger partial charge < -0.3 is 5.11 Å². The lowest BCUT2D eigenvalue weighted by Crippen LogP contribution is -1.99. The number of halogens is 2. The summed E-state index contributed by atoms with van der Waals surface area (Å²) in [6.07, 6.45) is -0.697. The molecule has 96 valence electrons. The van der Waals surface area contributed by atoms with E-state index in [0.29, 0.717) is 5.02 Å². The third kappa shape index (κ3) is 2.32. The van der Waals surface area contributed by atoms with Gasteiger partial charge in [-0.25, -0.2) is 0 Å². The highest BCUT2D eigenvalue weighted by atomic mass is 79.9. The van der Waals surface area contributed by atoms with Gasteiger partial charge in [0.1, 0.15) is 6.10 Å². The van der Waals surface area contributed by atoms with E-state index in [-0.39, 0.29) is 0 Å². The van der Waals surface area contributed by atoms with Crippen molar-refractivity contribution in [1.29, 1.82) is 0 Å². The molecule has 2 aromatic carbocycles. The molecule has 0 aliphatic carbocycles. The first-order valence-corrected chi connectivity index (χ1v) is 7.81. The first-order chi connectivity index (χ1) is 9.18. The zero-order valence-electron chi connectivity index (χ0n) is 9.81. The third-order valence-electron chi connectivity index (χ3n) is 3.08. The molecule has 1 atom stereocenters. The van der Waals surface area contributed by atoms with Crippen LogP contribution in [0.1, 0.15) is 17.2 Å². The molecular formula is C15H10BrClOS. The predicted octanol–water partition coefficient (Wildman–Crippen LogP) is 5.40. The zero-order chi connectivity index (χ0) is 13.4. The van der Waals surface area contributed by atoms with Crippen LogP contribution in [0.3, 0.4) is 0 Å². The Bertz CT molecular complexity index is 738. The Morgan fingerprint density at radius 1 is 1.05 bits per heavy atom. The highest BCUT2D eigenvalue weighted by Gasteiger charge is 2.18. The molecule has 3 aromatic rings. The molecule has 4 heteroatoms. The highest BCUT2D eigenvalue weighted by molar-refractivity contribution is 9.10. The Labute approximate surface area is 128 Å². The van der Waals surface area contributed by atoms with Gasteiger partial charge in [-0.2, -0.15) is 0 Å². The van der Waals surface area contributed by atoms with Gasteiger partial charge in [0, 0.05) is 25.3 Å². The van der Waals surface area contributed by atoms with E-state index < -0.39 is 6.10 Å². The first-order valence-electron chi connectivity index (χ1n) is 5.76. The smallest absolute Gasteiger partial charge is 0.107 e. The van der Waals surface area contributed by atoms with Crippen molar-refractivity contribution in [3.63, 3.8) is 0 Å². The standard InChI is InChI=1S/C15H10BrClOS/c16-12-6-3-5-9-11(8-19-15(9)12)14(18)10-4-1-2-7-13(10)17/h1-8,14,18H. The van der Waals surface area contributed by atoms with Crippen LogP contribution in [0.5, 0.6) is 0 Å². The second kappa shape index (κ2) is 5.25. The van der Waals surface area contributed by atoms with Gasteiger partial charge in [0.15, 0.2) is 0 Å². The van der Waals surface area contributed by atoms with Crippen molar-refractivity contribution >= 4 is 49.0 Å². The largest absolute Gasteiger partial charge is 0.384 e. The fourth-order valence-electron chi connectivity index (χ4n) is 2.12. The molecule has 0 amide bonds. The predicted molar refractivity (Wildman–Crippen MR) is 85.0 cm³/mol. The number of hydrogen-bond donors (Lipinski definition) is 1. The third-order valence-corrected chi connectivity index (χ3v) is 5.39. The van der Waals surface area contributed by atoms with Crippen LogP contribution in [-0.2, 0) is 0 Å². The summed E-state index contributed by atoms with van der Waals surface area (Å²) in [5.41, 5.74) is 1.64. The Kier molecular flexibility index (Phi) is 3.63. The maximum atomic E-state index is 10.6. The monoisotopic (exact) mass is 352 g/mol. The normalized spacial score (nSPS) is 12.8. The quantitative estimate of drug-likeness (QED) is 0.654. The molecule has 0 fully saturated rings. The van der Waals surface area contributed by atoms with E-state index in [1.165, 1.54) is 0 Å². The molecule has 1 unspecified atom stereocenters. The lowest BCUT2D eigenvalue weighted by molar-refractivity contribution is 0.222. The molecule has 0 bridgehead atoms. The van der Waals surface area contributed by atoms with Gasteiger partial charge in [-0.05, 0) is 38.8 Å². The second-order valence-electron chi connectivity index (χ2n) is 4.23. The molecule has 1 heterocycles. The zero-order valence-corrected chi connectivity index (χ0v) is 13.0. The summed E-state index contributed by atoms with van der Waals surface area (Å²) in [5.74, 6) is 0. The van der Waals surface area contributed by atoms with Gasteiger partial charge in [0.2, 0.25) is 0 Å². The number of hydrogen-bond acceptors (Lipinski definition) is 2. The molecule has 3 rings (SSSR count). The molecule has 0 spiro atoms. The van der Waals surface area contributed by atoms with E-state index in [1.807, 2.05) is 41.8 Å². The lowest BCUT2D eigenvalue weighted by atomic mass is 10.0. The van der Waals surface area contributed by atoms with Gasteiger partial charge in [0.05, 0.1) is 0 Å². The minimum absolute atomic E-state index is 0.587. The summed E-state index contributed by atoms with van der Waals surface area (Å²) in [5, 5.41) is 14.2. The summed E-state index contributed by atoms with van der Waals surface area (Å²) < 4.78 is 2.19. The molecule has 0 radical (unpaired) electrons. The number of thiophene rings is 1. The molecule has 19 heavy (non-hydrogen) atoms. The molecule has 0 saturated carbocycles. The Balaban J connectivity index is 2.15. The topological polar surface area (TPSA) is 20.2 Å². The Morgan fingerprint density at radius 2 is 1.84 bits per heavy atom. The van der Waals surface area contributed by atoms with E-state index in [0.717, 1.165) is 25.7 Å². The van der Waals surface area contributed by atoms with Crippen molar-refractivity contribution in [2.45, 2.75) is 6.10 Å². The van der Waals surface area contributed by atoms with Crippen molar-refractivity contribution in [1.82, 2.24) is 0 Å². The van der Waals surface area contributed by atoms with Crippen LogP contribution < -0.4 is 0 Å². The van der Waals surface area contributed by atoms with Crippen molar-refractivity contribution in [2.75, 3.05) is 0 Å². The second-order valence-corrected chi connectivity index (χ2v) is 6.37. The number of rotatable bonds is 2. The average Bonchev–Trinajstić information content (AvgIpc) is 2.84. The molecule has 0 aliphatic heterocycles. The summed E-state index contributed by atoms with van der Waals surface area (Å²) in [7, 11) is 0. The lowest BCUT2D eigenvalue weighted by Gasteiger charge is -2.12. The van der Waals surface area contributed by atoms with E-state index >= 15 is 0 Å². The van der Waals surface area contributed by atoms with Gasteiger partial charge in [0.25, 0.3) is 0 Å². The summed E-state index contributed by atoms with van der Waals surface area (Å²) >= 11 is 11.3. The maximum absolute atomic E-state index is 10.6. The van der Waals surface area contributed by atoms with E-state index in [2.05, 4.69) is 15.9 Å². The Hall–Kier alpha value is -0.870. The molecule has 0 aliphatic rings. The average molecular weight is 354 g/mol. The minimum atomic E-state index is -0.697. The molecular weight excluding hydrogens is 344 g/mol. The fourth-order valence-corrected chi connectivity index (χ4v) is 4.00. The number of fused-ring (bicyclic) bond motifs is 1. The van der Waals surface area contributed by atoms with Crippen molar-refractivity contribution in [2.24, 2.45) is 0 Å². The summed E-state index contributed by atoms with van der Waals surface area (Å²) in [6.45, 7) is 0.